The summed E-state index contributed by atoms with van der Waals surface area (Å²) in [6.07, 6.45) is -0.344. The number of carbonyl (C=O) groups excluding carboxylic acids is 1. The Morgan fingerprint density at radius 1 is 1.07 bits per heavy atom. The molecule has 2 aromatic rings. The molecule has 0 saturated heterocycles. The number of benzene rings is 2. The van der Waals surface area contributed by atoms with Gasteiger partial charge in [-0.05, 0) is 49.1 Å². The third-order valence-corrected chi connectivity index (χ3v) is 3.80. The molecule has 6 nitrogen and oxygen atoms in total. The molecule has 0 heterocycles. The topological polar surface area (TPSA) is 84.9 Å². The molecule has 27 heavy (non-hydrogen) atoms. The van der Waals surface area contributed by atoms with E-state index < -0.39 is 12.1 Å². The van der Waals surface area contributed by atoms with Crippen LogP contribution in [0.3, 0.4) is 0 Å². The molecule has 0 radical (unpaired) electrons. The maximum atomic E-state index is 11.7. The second-order valence-electron chi connectivity index (χ2n) is 6.41. The Morgan fingerprint density at radius 3 is 2.48 bits per heavy atom. The minimum absolute atomic E-state index is 0.00553. The second-order valence-corrected chi connectivity index (χ2v) is 6.41. The number of carboxylic acids is 1. The van der Waals surface area contributed by atoms with Gasteiger partial charge in [-0.2, -0.15) is 0 Å². The number of hydrogen-bond acceptors (Lipinski definition) is 4. The van der Waals surface area contributed by atoms with E-state index in [0.717, 1.165) is 16.7 Å². The van der Waals surface area contributed by atoms with Crippen LogP contribution in [0.2, 0.25) is 0 Å². The van der Waals surface area contributed by atoms with E-state index in [1.54, 1.807) is 13.8 Å². The van der Waals surface area contributed by atoms with Gasteiger partial charge >= 0.3 is 12.1 Å². The maximum absolute atomic E-state index is 11.7. The van der Waals surface area contributed by atoms with Crippen molar-refractivity contribution >= 4 is 12.1 Å². The Balaban J connectivity index is 2.05. The molecule has 0 aliphatic carbocycles. The number of aryl methyl sites for hydroxylation is 1. The first-order valence-corrected chi connectivity index (χ1v) is 8.89. The van der Waals surface area contributed by atoms with Crippen LogP contribution in [-0.2, 0) is 29.1 Å². The number of amides is 1. The first-order valence-electron chi connectivity index (χ1n) is 8.89. The predicted octanol–water partition coefficient (Wildman–Crippen LogP) is 3.92. The standard InChI is InChI=1S/C21H25NO5/c1-15(2)27-21(25)22-13-18-8-10-19(12-17(18)9-11-20(23)24)26-14-16-6-4-3-5-7-16/h3-8,10,12,15H,9,11,13-14H2,1-2H3,(H,22,25)(H,23,24). The lowest BCUT2D eigenvalue weighted by molar-refractivity contribution is -0.136. The van der Waals surface area contributed by atoms with Crippen LogP contribution in [0.25, 0.3) is 0 Å². The van der Waals surface area contributed by atoms with Crippen molar-refractivity contribution in [1.82, 2.24) is 5.32 Å². The Labute approximate surface area is 159 Å². The number of carbonyl (C=O) groups is 2. The van der Waals surface area contributed by atoms with Crippen LogP contribution < -0.4 is 10.1 Å². The van der Waals surface area contributed by atoms with Crippen molar-refractivity contribution in [2.45, 2.75) is 45.9 Å². The molecule has 0 aliphatic heterocycles. The summed E-state index contributed by atoms with van der Waals surface area (Å²) in [4.78, 5) is 22.6. The van der Waals surface area contributed by atoms with Crippen LogP contribution >= 0.6 is 0 Å². The predicted molar refractivity (Wildman–Crippen MR) is 102 cm³/mol. The minimum Gasteiger partial charge on any atom is -0.489 e. The van der Waals surface area contributed by atoms with E-state index in [4.69, 9.17) is 14.6 Å². The minimum atomic E-state index is -0.872. The Morgan fingerprint density at radius 2 is 1.81 bits per heavy atom. The molecule has 2 N–H and O–H groups in total. The van der Waals surface area contributed by atoms with Crippen LogP contribution in [0, 0.1) is 0 Å². The first-order chi connectivity index (χ1) is 12.9. The van der Waals surface area contributed by atoms with Gasteiger partial charge in [0.15, 0.2) is 0 Å². The fraction of sp³-hybridized carbons (Fsp3) is 0.333. The number of hydrogen-bond donors (Lipinski definition) is 2. The highest BCUT2D eigenvalue weighted by Gasteiger charge is 2.10. The highest BCUT2D eigenvalue weighted by molar-refractivity contribution is 5.68. The fourth-order valence-corrected chi connectivity index (χ4v) is 2.50. The van der Waals surface area contributed by atoms with Gasteiger partial charge in [-0.15, -0.1) is 0 Å². The third kappa shape index (κ3) is 7.40. The van der Waals surface area contributed by atoms with Crippen LogP contribution in [0.15, 0.2) is 48.5 Å². The summed E-state index contributed by atoms with van der Waals surface area (Å²) < 4.78 is 10.9. The van der Waals surface area contributed by atoms with Gasteiger partial charge < -0.3 is 19.9 Å². The lowest BCUT2D eigenvalue weighted by atomic mass is 10.0. The maximum Gasteiger partial charge on any atom is 0.407 e. The van der Waals surface area contributed by atoms with Gasteiger partial charge in [-0.3, -0.25) is 4.79 Å². The quantitative estimate of drug-likeness (QED) is 0.698. The van der Waals surface area contributed by atoms with Gasteiger partial charge in [-0.1, -0.05) is 36.4 Å². The lowest BCUT2D eigenvalue weighted by Crippen LogP contribution is -2.26. The highest BCUT2D eigenvalue weighted by Crippen LogP contribution is 2.21. The van der Waals surface area contributed by atoms with Crippen LogP contribution in [0.1, 0.15) is 37.0 Å². The smallest absolute Gasteiger partial charge is 0.407 e. The second kappa shape index (κ2) is 10.2. The van der Waals surface area contributed by atoms with E-state index in [9.17, 15) is 9.59 Å². The SMILES string of the molecule is CC(C)OC(=O)NCc1ccc(OCc2ccccc2)cc1CCC(=O)O. The van der Waals surface area contributed by atoms with Gasteiger partial charge in [0.25, 0.3) is 0 Å². The summed E-state index contributed by atoms with van der Waals surface area (Å²) in [7, 11) is 0. The van der Waals surface area contributed by atoms with E-state index in [2.05, 4.69) is 5.32 Å². The molecule has 0 aromatic heterocycles. The van der Waals surface area contributed by atoms with Gasteiger partial charge in [0.05, 0.1) is 6.10 Å². The van der Waals surface area contributed by atoms with E-state index in [0.29, 0.717) is 18.8 Å². The third-order valence-electron chi connectivity index (χ3n) is 3.80. The zero-order valence-corrected chi connectivity index (χ0v) is 15.6. The number of ether oxygens (including phenoxy) is 2. The number of alkyl carbamates (subject to hydrolysis) is 1. The van der Waals surface area contributed by atoms with Crippen molar-refractivity contribution < 1.29 is 24.2 Å². The molecular weight excluding hydrogens is 346 g/mol. The first kappa shape index (κ1) is 20.3. The monoisotopic (exact) mass is 371 g/mol. The van der Waals surface area contributed by atoms with Crippen molar-refractivity contribution in [3.05, 3.63) is 65.2 Å². The highest BCUT2D eigenvalue weighted by atomic mass is 16.6. The normalized spacial score (nSPS) is 10.5. The number of rotatable bonds is 9. The molecule has 0 aliphatic rings. The van der Waals surface area contributed by atoms with Gasteiger partial charge in [-0.25, -0.2) is 4.79 Å². The molecule has 0 spiro atoms. The van der Waals surface area contributed by atoms with Gasteiger partial charge in [0.1, 0.15) is 12.4 Å². The summed E-state index contributed by atoms with van der Waals surface area (Å²) in [5.74, 6) is -0.212. The molecule has 0 bridgehead atoms. The largest absolute Gasteiger partial charge is 0.489 e. The number of nitrogens with one attached hydrogen (secondary N) is 1. The molecule has 144 valence electrons. The fourth-order valence-electron chi connectivity index (χ4n) is 2.50. The van der Waals surface area contributed by atoms with Crippen molar-refractivity contribution in [3.8, 4) is 5.75 Å². The van der Waals surface area contributed by atoms with Gasteiger partial charge in [0.2, 0.25) is 0 Å². The molecule has 0 atom stereocenters. The average Bonchev–Trinajstić information content (AvgIpc) is 2.64. The van der Waals surface area contributed by atoms with E-state index in [-0.39, 0.29) is 19.1 Å². The molecule has 6 heteroatoms. The molecule has 0 unspecified atom stereocenters. The summed E-state index contributed by atoms with van der Waals surface area (Å²) in [5, 5.41) is 11.7. The summed E-state index contributed by atoms with van der Waals surface area (Å²) in [6, 6.07) is 15.3. The molecule has 0 fully saturated rings. The number of carboxylic acid groups (broad SMARTS) is 1. The molecule has 0 saturated carbocycles. The van der Waals surface area contributed by atoms with Crippen molar-refractivity contribution in [1.29, 1.82) is 0 Å². The summed E-state index contributed by atoms with van der Waals surface area (Å²) in [6.45, 7) is 4.24. The molecular formula is C21H25NO5. The summed E-state index contributed by atoms with van der Waals surface area (Å²) >= 11 is 0. The van der Waals surface area contributed by atoms with Crippen molar-refractivity contribution in [2.75, 3.05) is 0 Å². The number of aliphatic carboxylic acids is 1. The van der Waals surface area contributed by atoms with Crippen molar-refractivity contribution in [2.24, 2.45) is 0 Å². The molecule has 1 amide bonds. The summed E-state index contributed by atoms with van der Waals surface area (Å²) in [5.41, 5.74) is 2.71. The van der Waals surface area contributed by atoms with E-state index >= 15 is 0 Å². The zero-order valence-electron chi connectivity index (χ0n) is 15.6. The Kier molecular flexibility index (Phi) is 7.67. The average molecular weight is 371 g/mol. The molecule has 2 rings (SSSR count). The Bertz CT molecular complexity index is 758. The Hall–Kier alpha value is -3.02. The lowest BCUT2D eigenvalue weighted by Gasteiger charge is -2.14. The van der Waals surface area contributed by atoms with Gasteiger partial charge in [0, 0.05) is 13.0 Å². The molecule has 2 aromatic carbocycles. The zero-order chi connectivity index (χ0) is 19.6. The van der Waals surface area contributed by atoms with Crippen LogP contribution in [-0.4, -0.2) is 23.3 Å². The van der Waals surface area contributed by atoms with E-state index in [1.165, 1.54) is 0 Å². The van der Waals surface area contributed by atoms with Crippen molar-refractivity contribution in [3.63, 3.8) is 0 Å². The van der Waals surface area contributed by atoms with Crippen LogP contribution in [0.4, 0.5) is 4.79 Å². The van der Waals surface area contributed by atoms with E-state index in [1.807, 2.05) is 48.5 Å². The van der Waals surface area contributed by atoms with Crippen LogP contribution in [0.5, 0.6) is 5.75 Å².